The molecule has 0 aliphatic rings. The molecule has 0 radical (unpaired) electrons. The van der Waals surface area contributed by atoms with Crippen LogP contribution in [0.5, 0.6) is 5.75 Å². The summed E-state index contributed by atoms with van der Waals surface area (Å²) in [6.45, 7) is 0.693. The molecular formula is C16H14BrClN2O. The van der Waals surface area contributed by atoms with E-state index in [-0.39, 0.29) is 0 Å². The van der Waals surface area contributed by atoms with E-state index in [1.165, 1.54) is 10.9 Å². The standard InChI is InChI=1S/C16H14BrClN2O/c1-21-16-13(17)7-12(18)8-15(16)20-9-10-2-3-11-4-5-19-14(11)6-10/h2-8,19-20H,9H2,1H3. The van der Waals surface area contributed by atoms with Gasteiger partial charge in [-0.3, -0.25) is 0 Å². The third-order valence-electron chi connectivity index (χ3n) is 3.31. The highest BCUT2D eigenvalue weighted by Crippen LogP contribution is 2.36. The number of rotatable bonds is 4. The zero-order valence-electron chi connectivity index (χ0n) is 11.4. The van der Waals surface area contributed by atoms with Crippen LogP contribution in [0.15, 0.2) is 47.1 Å². The molecule has 0 aliphatic heterocycles. The molecule has 0 aliphatic carbocycles. The van der Waals surface area contributed by atoms with Gasteiger partial charge >= 0.3 is 0 Å². The van der Waals surface area contributed by atoms with Crippen molar-refractivity contribution in [1.82, 2.24) is 4.98 Å². The molecule has 0 saturated carbocycles. The number of hydrogen-bond acceptors (Lipinski definition) is 2. The SMILES string of the molecule is COc1c(Br)cc(Cl)cc1NCc1ccc2cc[nH]c2c1. The molecule has 0 atom stereocenters. The van der Waals surface area contributed by atoms with Crippen LogP contribution in [0.25, 0.3) is 10.9 Å². The zero-order chi connectivity index (χ0) is 14.8. The minimum atomic E-state index is 0.657. The highest BCUT2D eigenvalue weighted by molar-refractivity contribution is 9.10. The quantitative estimate of drug-likeness (QED) is 0.666. The molecule has 1 aromatic heterocycles. The molecule has 2 N–H and O–H groups in total. The van der Waals surface area contributed by atoms with Gasteiger partial charge in [0.1, 0.15) is 0 Å². The van der Waals surface area contributed by atoms with Crippen molar-refractivity contribution in [2.45, 2.75) is 6.54 Å². The van der Waals surface area contributed by atoms with E-state index < -0.39 is 0 Å². The fraction of sp³-hybridized carbons (Fsp3) is 0.125. The number of methoxy groups -OCH3 is 1. The van der Waals surface area contributed by atoms with E-state index in [4.69, 9.17) is 16.3 Å². The Kier molecular flexibility index (Phi) is 4.08. The predicted octanol–water partition coefficient (Wildman–Crippen LogP) is 5.20. The van der Waals surface area contributed by atoms with Gasteiger partial charge in [-0.2, -0.15) is 0 Å². The molecule has 0 bridgehead atoms. The monoisotopic (exact) mass is 364 g/mol. The number of aromatic nitrogens is 1. The normalized spacial score (nSPS) is 10.8. The molecule has 0 fully saturated rings. The van der Waals surface area contributed by atoms with E-state index in [0.717, 1.165) is 21.4 Å². The average Bonchev–Trinajstić information content (AvgIpc) is 2.92. The summed E-state index contributed by atoms with van der Waals surface area (Å²) >= 11 is 9.55. The summed E-state index contributed by atoms with van der Waals surface area (Å²) in [6, 6.07) is 12.1. The number of H-pyrrole nitrogens is 1. The van der Waals surface area contributed by atoms with Gasteiger partial charge in [-0.15, -0.1) is 0 Å². The molecule has 0 unspecified atom stereocenters. The molecule has 1 heterocycles. The first-order chi connectivity index (χ1) is 10.2. The Labute approximate surface area is 136 Å². The summed E-state index contributed by atoms with van der Waals surface area (Å²) in [6.07, 6.45) is 1.94. The number of hydrogen-bond donors (Lipinski definition) is 2. The Morgan fingerprint density at radius 1 is 1.24 bits per heavy atom. The van der Waals surface area contributed by atoms with Crippen molar-refractivity contribution in [1.29, 1.82) is 0 Å². The lowest BCUT2D eigenvalue weighted by Gasteiger charge is -2.13. The summed E-state index contributed by atoms with van der Waals surface area (Å²) in [5.41, 5.74) is 3.18. The molecule has 0 amide bonds. The van der Waals surface area contributed by atoms with Gasteiger partial charge in [-0.05, 0) is 51.1 Å². The van der Waals surface area contributed by atoms with Crippen molar-refractivity contribution in [3.63, 3.8) is 0 Å². The minimum Gasteiger partial charge on any atom is -0.493 e. The number of halogens is 2. The van der Waals surface area contributed by atoms with E-state index in [1.807, 2.05) is 18.3 Å². The Morgan fingerprint density at radius 2 is 2.10 bits per heavy atom. The molecule has 3 nitrogen and oxygen atoms in total. The summed E-state index contributed by atoms with van der Waals surface area (Å²) in [7, 11) is 1.64. The third kappa shape index (κ3) is 3.01. The van der Waals surface area contributed by atoms with Gasteiger partial charge in [0.25, 0.3) is 0 Å². The van der Waals surface area contributed by atoms with Crippen molar-refractivity contribution in [3.05, 3.63) is 57.7 Å². The van der Waals surface area contributed by atoms with Crippen LogP contribution >= 0.6 is 27.5 Å². The second kappa shape index (κ2) is 6.00. The number of nitrogens with one attached hydrogen (secondary N) is 2. The Morgan fingerprint density at radius 3 is 2.90 bits per heavy atom. The lowest BCUT2D eigenvalue weighted by molar-refractivity contribution is 0.414. The van der Waals surface area contributed by atoms with Crippen molar-refractivity contribution in [3.8, 4) is 5.75 Å². The van der Waals surface area contributed by atoms with E-state index in [1.54, 1.807) is 7.11 Å². The van der Waals surface area contributed by atoms with Crippen molar-refractivity contribution >= 4 is 44.1 Å². The fourth-order valence-electron chi connectivity index (χ4n) is 2.30. The van der Waals surface area contributed by atoms with E-state index in [2.05, 4.69) is 50.5 Å². The van der Waals surface area contributed by atoms with Crippen molar-refractivity contribution in [2.24, 2.45) is 0 Å². The number of anilines is 1. The maximum atomic E-state index is 6.09. The Bertz CT molecular complexity index is 785. The van der Waals surface area contributed by atoms with Crippen LogP contribution in [0.4, 0.5) is 5.69 Å². The van der Waals surface area contributed by atoms with Crippen molar-refractivity contribution in [2.75, 3.05) is 12.4 Å². The highest BCUT2D eigenvalue weighted by atomic mass is 79.9. The van der Waals surface area contributed by atoms with Crippen LogP contribution < -0.4 is 10.1 Å². The summed E-state index contributed by atoms with van der Waals surface area (Å²) in [5.74, 6) is 0.750. The number of fused-ring (bicyclic) bond motifs is 1. The summed E-state index contributed by atoms with van der Waals surface area (Å²) < 4.78 is 6.24. The molecule has 2 aromatic carbocycles. The maximum Gasteiger partial charge on any atom is 0.156 e. The predicted molar refractivity (Wildman–Crippen MR) is 91.3 cm³/mol. The first-order valence-electron chi connectivity index (χ1n) is 6.50. The minimum absolute atomic E-state index is 0.657. The van der Waals surface area contributed by atoms with Gasteiger partial charge < -0.3 is 15.0 Å². The van der Waals surface area contributed by atoms with Gasteiger partial charge in [-0.25, -0.2) is 0 Å². The summed E-state index contributed by atoms with van der Waals surface area (Å²) in [4.78, 5) is 3.22. The average molecular weight is 366 g/mol. The maximum absolute atomic E-state index is 6.09. The molecule has 0 spiro atoms. The van der Waals surface area contributed by atoms with Crippen LogP contribution in [-0.4, -0.2) is 12.1 Å². The zero-order valence-corrected chi connectivity index (χ0v) is 13.8. The number of aromatic amines is 1. The van der Waals surface area contributed by atoms with Crippen LogP contribution in [0.3, 0.4) is 0 Å². The van der Waals surface area contributed by atoms with Gasteiger partial charge in [0.2, 0.25) is 0 Å². The molecule has 21 heavy (non-hydrogen) atoms. The van der Waals surface area contributed by atoms with Gasteiger partial charge in [0.05, 0.1) is 17.3 Å². The first-order valence-corrected chi connectivity index (χ1v) is 7.67. The van der Waals surface area contributed by atoms with Gasteiger partial charge in [0, 0.05) is 23.3 Å². The molecule has 3 aromatic rings. The molecule has 0 saturated heterocycles. The van der Waals surface area contributed by atoms with Crippen LogP contribution in [0, 0.1) is 0 Å². The summed E-state index contributed by atoms with van der Waals surface area (Å²) in [5, 5.41) is 5.23. The van der Waals surface area contributed by atoms with Crippen LogP contribution in [0.2, 0.25) is 5.02 Å². The van der Waals surface area contributed by atoms with Gasteiger partial charge in [-0.1, -0.05) is 23.7 Å². The highest BCUT2D eigenvalue weighted by Gasteiger charge is 2.09. The van der Waals surface area contributed by atoms with E-state index in [0.29, 0.717) is 11.6 Å². The van der Waals surface area contributed by atoms with Crippen LogP contribution in [0.1, 0.15) is 5.56 Å². The lowest BCUT2D eigenvalue weighted by atomic mass is 10.1. The van der Waals surface area contributed by atoms with E-state index in [9.17, 15) is 0 Å². The molecule has 108 valence electrons. The molecule has 3 rings (SSSR count). The molecular weight excluding hydrogens is 352 g/mol. The number of benzene rings is 2. The fourth-order valence-corrected chi connectivity index (χ4v) is 3.27. The van der Waals surface area contributed by atoms with E-state index >= 15 is 0 Å². The Balaban J connectivity index is 1.83. The Hall–Kier alpha value is -1.65. The second-order valence-electron chi connectivity index (χ2n) is 4.72. The first kappa shape index (κ1) is 14.3. The van der Waals surface area contributed by atoms with Crippen molar-refractivity contribution < 1.29 is 4.74 Å². The van der Waals surface area contributed by atoms with Gasteiger partial charge in [0.15, 0.2) is 5.75 Å². The third-order valence-corrected chi connectivity index (χ3v) is 4.12. The van der Waals surface area contributed by atoms with Crippen LogP contribution in [-0.2, 0) is 6.54 Å². The molecule has 5 heteroatoms. The largest absolute Gasteiger partial charge is 0.493 e. The topological polar surface area (TPSA) is 37.0 Å². The smallest absolute Gasteiger partial charge is 0.156 e. The second-order valence-corrected chi connectivity index (χ2v) is 6.01. The lowest BCUT2D eigenvalue weighted by Crippen LogP contribution is -2.02. The number of ether oxygens (including phenoxy) is 1.